The molecule has 2 fully saturated rings. The Bertz CT molecular complexity index is 900. The molecule has 2 saturated heterocycles. The molecule has 30 heavy (non-hydrogen) atoms. The molecule has 3 heterocycles. The highest BCUT2D eigenvalue weighted by Gasteiger charge is 2.45. The second kappa shape index (κ2) is 8.79. The first-order valence-corrected chi connectivity index (χ1v) is 10.2. The standard InChI is InChI=1S/C22H25FN4O3/c23-17-4-1-3-16(13-17)14-25-21(29)27-11-8-22(9-12-27)7-6-19(30-22)20(28)26-18-5-2-10-24-15-18/h1-5,10,13,15,19H,6-9,11-12,14H2,(H,25,29)(H,26,28)/t19-/m1/s1. The summed E-state index contributed by atoms with van der Waals surface area (Å²) in [5.74, 6) is -0.475. The smallest absolute Gasteiger partial charge is 0.317 e. The first-order valence-electron chi connectivity index (χ1n) is 10.2. The normalized spacial score (nSPS) is 20.2. The van der Waals surface area contributed by atoms with Gasteiger partial charge in [-0.25, -0.2) is 9.18 Å². The number of hydrogen-bond donors (Lipinski definition) is 2. The average molecular weight is 412 g/mol. The second-order valence-electron chi connectivity index (χ2n) is 7.83. The highest BCUT2D eigenvalue weighted by Crippen LogP contribution is 2.39. The summed E-state index contributed by atoms with van der Waals surface area (Å²) in [7, 11) is 0. The molecule has 4 rings (SSSR count). The van der Waals surface area contributed by atoms with E-state index in [1.54, 1.807) is 41.6 Å². The summed E-state index contributed by atoms with van der Waals surface area (Å²) in [6, 6.07) is 9.57. The van der Waals surface area contributed by atoms with E-state index in [2.05, 4.69) is 15.6 Å². The number of piperidine rings is 1. The lowest BCUT2D eigenvalue weighted by Crippen LogP contribution is -2.50. The van der Waals surface area contributed by atoms with Gasteiger partial charge < -0.3 is 20.3 Å². The number of halogens is 1. The summed E-state index contributed by atoms with van der Waals surface area (Å²) in [6.07, 6.45) is 5.61. The lowest BCUT2D eigenvalue weighted by atomic mass is 9.88. The van der Waals surface area contributed by atoms with Gasteiger partial charge in [0, 0.05) is 25.8 Å². The zero-order chi connectivity index (χ0) is 21.0. The number of aromatic nitrogens is 1. The van der Waals surface area contributed by atoms with E-state index < -0.39 is 6.10 Å². The zero-order valence-corrected chi connectivity index (χ0v) is 16.6. The second-order valence-corrected chi connectivity index (χ2v) is 7.83. The van der Waals surface area contributed by atoms with Crippen molar-refractivity contribution < 1.29 is 18.7 Å². The molecule has 8 heteroatoms. The third kappa shape index (κ3) is 4.76. The van der Waals surface area contributed by atoms with Crippen molar-refractivity contribution in [2.75, 3.05) is 18.4 Å². The van der Waals surface area contributed by atoms with Gasteiger partial charge in [0.1, 0.15) is 11.9 Å². The van der Waals surface area contributed by atoms with Gasteiger partial charge in [-0.05, 0) is 55.5 Å². The molecule has 0 unspecified atom stereocenters. The van der Waals surface area contributed by atoms with E-state index in [0.717, 1.165) is 12.0 Å². The van der Waals surface area contributed by atoms with Gasteiger partial charge in [0.25, 0.3) is 5.91 Å². The number of urea groups is 1. The highest BCUT2D eigenvalue weighted by atomic mass is 19.1. The predicted octanol–water partition coefficient (Wildman–Crippen LogP) is 3.08. The van der Waals surface area contributed by atoms with Crippen LogP contribution >= 0.6 is 0 Å². The molecule has 2 aliphatic rings. The van der Waals surface area contributed by atoms with Gasteiger partial charge in [-0.3, -0.25) is 9.78 Å². The SMILES string of the molecule is O=C(Nc1cccnc1)[C@H]1CCC2(CCN(C(=O)NCc3cccc(F)c3)CC2)O1. The van der Waals surface area contributed by atoms with Crippen LogP contribution in [0.3, 0.4) is 0 Å². The zero-order valence-electron chi connectivity index (χ0n) is 16.6. The lowest BCUT2D eigenvalue weighted by molar-refractivity contribution is -0.135. The fraction of sp³-hybridized carbons (Fsp3) is 0.409. The Morgan fingerprint density at radius 3 is 2.77 bits per heavy atom. The van der Waals surface area contributed by atoms with Gasteiger partial charge >= 0.3 is 6.03 Å². The Kier molecular flexibility index (Phi) is 5.94. The number of carbonyl (C=O) groups excluding carboxylic acids is 2. The summed E-state index contributed by atoms with van der Waals surface area (Å²) >= 11 is 0. The van der Waals surface area contributed by atoms with Crippen LogP contribution < -0.4 is 10.6 Å². The highest BCUT2D eigenvalue weighted by molar-refractivity contribution is 5.94. The molecule has 1 spiro atoms. The minimum Gasteiger partial charge on any atom is -0.362 e. The molecule has 1 aromatic heterocycles. The Labute approximate surface area is 174 Å². The molecule has 0 radical (unpaired) electrons. The minimum atomic E-state index is -0.487. The molecule has 0 aliphatic carbocycles. The fourth-order valence-electron chi connectivity index (χ4n) is 4.08. The van der Waals surface area contributed by atoms with Gasteiger partial charge in [-0.1, -0.05) is 12.1 Å². The Hall–Kier alpha value is -3.00. The van der Waals surface area contributed by atoms with Crippen LogP contribution in [0.2, 0.25) is 0 Å². The molecule has 2 N–H and O–H groups in total. The summed E-state index contributed by atoms with van der Waals surface area (Å²) in [6.45, 7) is 1.41. The molecule has 1 aromatic carbocycles. The number of pyridine rings is 1. The van der Waals surface area contributed by atoms with Crippen molar-refractivity contribution in [3.63, 3.8) is 0 Å². The van der Waals surface area contributed by atoms with Gasteiger partial charge in [-0.2, -0.15) is 0 Å². The number of nitrogens with one attached hydrogen (secondary N) is 2. The molecule has 1 atom stereocenters. The third-order valence-corrected chi connectivity index (χ3v) is 5.77. The molecule has 7 nitrogen and oxygen atoms in total. The van der Waals surface area contributed by atoms with Gasteiger partial charge in [0.2, 0.25) is 0 Å². The van der Waals surface area contributed by atoms with Gasteiger partial charge in [-0.15, -0.1) is 0 Å². The maximum absolute atomic E-state index is 13.3. The van der Waals surface area contributed by atoms with E-state index >= 15 is 0 Å². The fourth-order valence-corrected chi connectivity index (χ4v) is 4.08. The molecule has 3 amide bonds. The molecule has 0 saturated carbocycles. The number of ether oxygens (including phenoxy) is 1. The van der Waals surface area contributed by atoms with Crippen molar-refractivity contribution in [3.8, 4) is 0 Å². The van der Waals surface area contributed by atoms with E-state index in [4.69, 9.17) is 4.74 Å². The Balaban J connectivity index is 1.25. The van der Waals surface area contributed by atoms with Crippen LogP contribution in [0, 0.1) is 5.82 Å². The van der Waals surface area contributed by atoms with Crippen molar-refractivity contribution in [2.24, 2.45) is 0 Å². The van der Waals surface area contributed by atoms with Crippen molar-refractivity contribution in [3.05, 3.63) is 60.2 Å². The summed E-state index contributed by atoms with van der Waals surface area (Å²) in [5, 5.41) is 5.68. The largest absolute Gasteiger partial charge is 0.362 e. The van der Waals surface area contributed by atoms with Gasteiger partial charge in [0.15, 0.2) is 0 Å². The Morgan fingerprint density at radius 1 is 1.20 bits per heavy atom. The van der Waals surface area contributed by atoms with Crippen LogP contribution in [0.1, 0.15) is 31.2 Å². The van der Waals surface area contributed by atoms with Crippen molar-refractivity contribution in [1.29, 1.82) is 0 Å². The number of carbonyl (C=O) groups is 2. The van der Waals surface area contributed by atoms with Crippen LogP contribution in [0.5, 0.6) is 0 Å². The quantitative estimate of drug-likeness (QED) is 0.808. The number of nitrogens with zero attached hydrogens (tertiary/aromatic N) is 2. The molecule has 158 valence electrons. The van der Waals surface area contributed by atoms with Crippen molar-refractivity contribution >= 4 is 17.6 Å². The van der Waals surface area contributed by atoms with E-state index in [9.17, 15) is 14.0 Å². The van der Waals surface area contributed by atoms with Crippen molar-refractivity contribution in [1.82, 2.24) is 15.2 Å². The van der Waals surface area contributed by atoms with E-state index in [1.807, 2.05) is 0 Å². The average Bonchev–Trinajstić information content (AvgIpc) is 3.17. The van der Waals surface area contributed by atoms with Crippen LogP contribution in [-0.4, -0.2) is 46.6 Å². The lowest BCUT2D eigenvalue weighted by Gasteiger charge is -2.39. The van der Waals surface area contributed by atoms with Crippen LogP contribution in [0.25, 0.3) is 0 Å². The third-order valence-electron chi connectivity index (χ3n) is 5.77. The maximum Gasteiger partial charge on any atom is 0.317 e. The molecule has 2 aromatic rings. The number of amides is 3. The summed E-state index contributed by atoms with van der Waals surface area (Å²) in [5.41, 5.74) is 1.02. The number of anilines is 1. The van der Waals surface area contributed by atoms with E-state index in [1.165, 1.54) is 12.1 Å². The number of likely N-dealkylation sites (tertiary alicyclic amines) is 1. The number of hydrogen-bond acceptors (Lipinski definition) is 4. The monoisotopic (exact) mass is 412 g/mol. The number of rotatable bonds is 4. The first kappa shape index (κ1) is 20.3. The van der Waals surface area contributed by atoms with Crippen LogP contribution in [-0.2, 0) is 16.1 Å². The predicted molar refractivity (Wildman–Crippen MR) is 109 cm³/mol. The number of benzene rings is 1. The molecular weight excluding hydrogens is 387 g/mol. The van der Waals surface area contributed by atoms with Crippen molar-refractivity contribution in [2.45, 2.75) is 43.9 Å². The van der Waals surface area contributed by atoms with E-state index in [0.29, 0.717) is 38.0 Å². The maximum atomic E-state index is 13.3. The first-order chi connectivity index (χ1) is 14.5. The molecule has 2 aliphatic heterocycles. The summed E-state index contributed by atoms with van der Waals surface area (Å²) in [4.78, 5) is 30.7. The minimum absolute atomic E-state index is 0.157. The van der Waals surface area contributed by atoms with E-state index in [-0.39, 0.29) is 29.9 Å². The Morgan fingerprint density at radius 2 is 2.03 bits per heavy atom. The molecule has 0 bridgehead atoms. The van der Waals surface area contributed by atoms with Crippen LogP contribution in [0.4, 0.5) is 14.9 Å². The topological polar surface area (TPSA) is 83.6 Å². The summed E-state index contributed by atoms with van der Waals surface area (Å²) < 4.78 is 19.4. The van der Waals surface area contributed by atoms with Gasteiger partial charge in [0.05, 0.1) is 17.5 Å². The molecular formula is C22H25FN4O3. The van der Waals surface area contributed by atoms with Crippen LogP contribution in [0.15, 0.2) is 48.8 Å².